The van der Waals surface area contributed by atoms with E-state index < -0.39 is 0 Å². The van der Waals surface area contributed by atoms with Crippen LogP contribution in [0.25, 0.3) is 0 Å². The fraction of sp³-hybridized carbons (Fsp3) is 1.00. The zero-order valence-electron chi connectivity index (χ0n) is 12.1. The van der Waals surface area contributed by atoms with Gasteiger partial charge in [-0.1, -0.05) is 13.8 Å². The third-order valence-electron chi connectivity index (χ3n) is 4.47. The Hall–Kier alpha value is 0.230. The first kappa shape index (κ1) is 14.6. The van der Waals surface area contributed by atoms with Crippen LogP contribution in [-0.4, -0.2) is 61.3 Å². The third-order valence-corrected chi connectivity index (χ3v) is 5.41. The SMILES string of the molecule is CCOC1CC(NCCN2CCSCC2)C1(C)C. The van der Waals surface area contributed by atoms with E-state index in [0.29, 0.717) is 17.6 Å². The van der Waals surface area contributed by atoms with E-state index >= 15 is 0 Å². The van der Waals surface area contributed by atoms with Gasteiger partial charge in [-0.3, -0.25) is 0 Å². The van der Waals surface area contributed by atoms with Gasteiger partial charge in [-0.15, -0.1) is 0 Å². The van der Waals surface area contributed by atoms with Crippen LogP contribution in [0, 0.1) is 5.41 Å². The van der Waals surface area contributed by atoms with E-state index in [4.69, 9.17) is 4.74 Å². The number of nitrogens with zero attached hydrogens (tertiary/aromatic N) is 1. The minimum absolute atomic E-state index is 0.299. The van der Waals surface area contributed by atoms with E-state index in [0.717, 1.165) is 13.2 Å². The molecule has 1 heterocycles. The summed E-state index contributed by atoms with van der Waals surface area (Å²) in [5, 5.41) is 3.72. The van der Waals surface area contributed by atoms with Crippen molar-refractivity contribution < 1.29 is 4.74 Å². The van der Waals surface area contributed by atoms with Gasteiger partial charge in [-0.2, -0.15) is 11.8 Å². The highest BCUT2D eigenvalue weighted by Crippen LogP contribution is 2.42. The lowest BCUT2D eigenvalue weighted by atomic mass is 9.64. The molecule has 3 nitrogen and oxygen atoms in total. The van der Waals surface area contributed by atoms with E-state index in [-0.39, 0.29) is 0 Å². The van der Waals surface area contributed by atoms with Crippen LogP contribution in [0.5, 0.6) is 0 Å². The minimum atomic E-state index is 0.299. The third kappa shape index (κ3) is 3.41. The molecule has 0 aromatic carbocycles. The van der Waals surface area contributed by atoms with Gasteiger partial charge in [0.1, 0.15) is 0 Å². The quantitative estimate of drug-likeness (QED) is 0.797. The van der Waals surface area contributed by atoms with Gasteiger partial charge in [-0.25, -0.2) is 0 Å². The van der Waals surface area contributed by atoms with Crippen molar-refractivity contribution in [3.05, 3.63) is 0 Å². The maximum atomic E-state index is 5.77. The number of rotatable bonds is 6. The molecule has 4 heteroatoms. The molecule has 0 aromatic rings. The molecule has 0 aromatic heterocycles. The molecule has 2 rings (SSSR count). The highest BCUT2D eigenvalue weighted by Gasteiger charge is 2.48. The van der Waals surface area contributed by atoms with Gasteiger partial charge in [0.25, 0.3) is 0 Å². The van der Waals surface area contributed by atoms with Crippen molar-refractivity contribution >= 4 is 11.8 Å². The summed E-state index contributed by atoms with van der Waals surface area (Å²) in [6.45, 7) is 12.4. The molecule has 0 spiro atoms. The van der Waals surface area contributed by atoms with Crippen LogP contribution in [0.15, 0.2) is 0 Å². The first-order valence-corrected chi connectivity index (χ1v) is 8.45. The first-order chi connectivity index (χ1) is 8.64. The summed E-state index contributed by atoms with van der Waals surface area (Å²) in [5.74, 6) is 2.61. The number of nitrogens with one attached hydrogen (secondary N) is 1. The lowest BCUT2D eigenvalue weighted by molar-refractivity contribution is -0.114. The van der Waals surface area contributed by atoms with Gasteiger partial charge in [0, 0.05) is 55.7 Å². The van der Waals surface area contributed by atoms with Gasteiger partial charge >= 0.3 is 0 Å². The molecule has 106 valence electrons. The Labute approximate surface area is 116 Å². The van der Waals surface area contributed by atoms with E-state index in [1.165, 1.54) is 37.6 Å². The Bertz CT molecular complexity index is 254. The Morgan fingerprint density at radius 1 is 1.33 bits per heavy atom. The lowest BCUT2D eigenvalue weighted by Crippen LogP contribution is -2.61. The maximum Gasteiger partial charge on any atom is 0.0655 e. The average Bonchev–Trinajstić information content (AvgIpc) is 2.38. The standard InChI is InChI=1S/C14H28N2OS/c1-4-17-13-11-12(14(13,2)3)15-5-6-16-7-9-18-10-8-16/h12-13,15H,4-11H2,1-3H3. The van der Waals surface area contributed by atoms with Crippen LogP contribution in [0.4, 0.5) is 0 Å². The molecule has 1 aliphatic carbocycles. The van der Waals surface area contributed by atoms with Crippen molar-refractivity contribution in [2.45, 2.75) is 39.3 Å². The number of ether oxygens (including phenoxy) is 1. The molecule has 1 N–H and O–H groups in total. The second-order valence-electron chi connectivity index (χ2n) is 5.96. The highest BCUT2D eigenvalue weighted by atomic mass is 32.2. The number of thioether (sulfide) groups is 1. The van der Waals surface area contributed by atoms with Crippen molar-refractivity contribution in [3.8, 4) is 0 Å². The smallest absolute Gasteiger partial charge is 0.0655 e. The summed E-state index contributed by atoms with van der Waals surface area (Å²) >= 11 is 2.08. The lowest BCUT2D eigenvalue weighted by Gasteiger charge is -2.52. The van der Waals surface area contributed by atoms with Crippen molar-refractivity contribution in [1.82, 2.24) is 10.2 Å². The number of hydrogen-bond acceptors (Lipinski definition) is 4. The summed E-state index contributed by atoms with van der Waals surface area (Å²) in [6, 6.07) is 0.633. The first-order valence-electron chi connectivity index (χ1n) is 7.29. The minimum Gasteiger partial charge on any atom is -0.378 e. The van der Waals surface area contributed by atoms with Crippen molar-refractivity contribution in [1.29, 1.82) is 0 Å². The molecule has 18 heavy (non-hydrogen) atoms. The Kier molecular flexibility index (Phi) is 5.36. The van der Waals surface area contributed by atoms with Crippen molar-refractivity contribution in [2.75, 3.05) is 44.3 Å². The Morgan fingerprint density at radius 3 is 2.67 bits per heavy atom. The summed E-state index contributed by atoms with van der Waals surface area (Å²) in [6.07, 6.45) is 1.63. The van der Waals surface area contributed by atoms with E-state index in [1.807, 2.05) is 0 Å². The van der Waals surface area contributed by atoms with Gasteiger partial charge in [-0.05, 0) is 13.3 Å². The molecule has 0 radical (unpaired) electrons. The largest absolute Gasteiger partial charge is 0.378 e. The molecular weight excluding hydrogens is 244 g/mol. The Morgan fingerprint density at radius 2 is 2.06 bits per heavy atom. The molecule has 1 saturated carbocycles. The fourth-order valence-electron chi connectivity index (χ4n) is 2.94. The summed E-state index contributed by atoms with van der Waals surface area (Å²) < 4.78 is 5.77. The van der Waals surface area contributed by atoms with E-state index in [1.54, 1.807) is 0 Å². The van der Waals surface area contributed by atoms with Gasteiger partial charge in [0.05, 0.1) is 6.10 Å². The van der Waals surface area contributed by atoms with Crippen LogP contribution < -0.4 is 5.32 Å². The fourth-order valence-corrected chi connectivity index (χ4v) is 3.92. The van der Waals surface area contributed by atoms with Gasteiger partial charge < -0.3 is 15.0 Å². The molecule has 2 fully saturated rings. The molecule has 0 amide bonds. The summed E-state index contributed by atoms with van der Waals surface area (Å²) in [5.41, 5.74) is 0.299. The molecule has 0 bridgehead atoms. The highest BCUT2D eigenvalue weighted by molar-refractivity contribution is 7.99. The predicted molar refractivity (Wildman–Crippen MR) is 79.4 cm³/mol. The molecule has 2 atom stereocenters. The number of hydrogen-bond donors (Lipinski definition) is 1. The van der Waals surface area contributed by atoms with Gasteiger partial charge in [0.2, 0.25) is 0 Å². The molecule has 2 unspecified atom stereocenters. The zero-order valence-corrected chi connectivity index (χ0v) is 12.9. The normalized spacial score (nSPS) is 32.2. The van der Waals surface area contributed by atoms with Crippen LogP contribution in [-0.2, 0) is 4.74 Å². The van der Waals surface area contributed by atoms with Crippen molar-refractivity contribution in [2.24, 2.45) is 5.41 Å². The van der Waals surface area contributed by atoms with E-state index in [2.05, 4.69) is 42.7 Å². The summed E-state index contributed by atoms with van der Waals surface area (Å²) in [4.78, 5) is 2.58. The predicted octanol–water partition coefficient (Wildman–Crippen LogP) is 1.83. The molecule has 2 aliphatic rings. The molecule has 1 aliphatic heterocycles. The second-order valence-corrected chi connectivity index (χ2v) is 7.19. The summed E-state index contributed by atoms with van der Waals surface area (Å²) in [7, 11) is 0. The van der Waals surface area contributed by atoms with Crippen LogP contribution >= 0.6 is 11.8 Å². The second kappa shape index (κ2) is 6.60. The molecule has 1 saturated heterocycles. The maximum absolute atomic E-state index is 5.77. The van der Waals surface area contributed by atoms with Crippen LogP contribution in [0.3, 0.4) is 0 Å². The van der Waals surface area contributed by atoms with Crippen LogP contribution in [0.2, 0.25) is 0 Å². The topological polar surface area (TPSA) is 24.5 Å². The van der Waals surface area contributed by atoms with Crippen molar-refractivity contribution in [3.63, 3.8) is 0 Å². The monoisotopic (exact) mass is 272 g/mol. The van der Waals surface area contributed by atoms with Gasteiger partial charge in [0.15, 0.2) is 0 Å². The zero-order chi connectivity index (χ0) is 13.0. The van der Waals surface area contributed by atoms with Crippen LogP contribution in [0.1, 0.15) is 27.2 Å². The average molecular weight is 272 g/mol. The van der Waals surface area contributed by atoms with E-state index in [9.17, 15) is 0 Å². The Balaban J connectivity index is 1.62. The molecular formula is C14H28N2OS.